The van der Waals surface area contributed by atoms with Crippen LogP contribution in [0.2, 0.25) is 0 Å². The van der Waals surface area contributed by atoms with E-state index in [0.29, 0.717) is 23.1 Å². The molecule has 3 rings (SSSR count). The fourth-order valence-corrected chi connectivity index (χ4v) is 1.81. The number of aromatic nitrogens is 4. The minimum Gasteiger partial charge on any atom is -0.507 e. The van der Waals surface area contributed by atoms with Crippen LogP contribution >= 0.6 is 22.6 Å². The maximum atomic E-state index is 9.64. The summed E-state index contributed by atoms with van der Waals surface area (Å²) < 4.78 is 5.90. The maximum absolute atomic E-state index is 9.64. The molecule has 0 amide bonds. The van der Waals surface area contributed by atoms with Gasteiger partial charge in [0.2, 0.25) is 5.82 Å². The molecule has 6 nitrogen and oxygen atoms in total. The quantitative estimate of drug-likeness (QED) is 0.691. The van der Waals surface area contributed by atoms with Crippen molar-refractivity contribution in [3.63, 3.8) is 0 Å². The molecule has 2 aromatic heterocycles. The van der Waals surface area contributed by atoms with Crippen LogP contribution in [0.4, 0.5) is 0 Å². The van der Waals surface area contributed by atoms with Crippen molar-refractivity contribution in [3.8, 4) is 28.9 Å². The maximum Gasteiger partial charge on any atom is 0.258 e. The van der Waals surface area contributed by atoms with Gasteiger partial charge in [-0.15, -0.1) is 0 Å². The lowest BCUT2D eigenvalue weighted by molar-refractivity contribution is 0.431. The highest BCUT2D eigenvalue weighted by Gasteiger charge is 2.13. The average Bonchev–Trinajstić information content (AvgIpc) is 3.01. The number of nitrogens with zero attached hydrogens (tertiary/aromatic N) is 3. The Balaban J connectivity index is 2.00. The third kappa shape index (κ3) is 1.96. The van der Waals surface area contributed by atoms with E-state index in [1.807, 2.05) is 22.6 Å². The minimum absolute atomic E-state index is 0.186. The normalized spacial score (nSPS) is 10.7. The molecule has 0 fully saturated rings. The number of halogens is 1. The first kappa shape index (κ1) is 11.2. The summed E-state index contributed by atoms with van der Waals surface area (Å²) in [5.74, 6) is 1.45. The smallest absolute Gasteiger partial charge is 0.258 e. The van der Waals surface area contributed by atoms with Crippen molar-refractivity contribution in [2.45, 2.75) is 0 Å². The van der Waals surface area contributed by atoms with E-state index in [4.69, 9.17) is 4.52 Å². The Morgan fingerprint density at radius 1 is 1.33 bits per heavy atom. The van der Waals surface area contributed by atoms with Gasteiger partial charge >= 0.3 is 0 Å². The highest BCUT2D eigenvalue weighted by atomic mass is 127. The number of benzene rings is 1. The van der Waals surface area contributed by atoms with Crippen LogP contribution in [0.5, 0.6) is 5.75 Å². The van der Waals surface area contributed by atoms with Crippen molar-refractivity contribution in [2.75, 3.05) is 0 Å². The number of phenolic OH excluding ortho intramolecular Hbond substituents is 1. The number of nitrogens with one attached hydrogen (secondary N) is 1. The molecule has 0 aliphatic rings. The molecule has 0 unspecified atom stereocenters. The summed E-state index contributed by atoms with van der Waals surface area (Å²) in [5, 5.41) is 13.5. The van der Waals surface area contributed by atoms with Crippen LogP contribution in [-0.2, 0) is 0 Å². The van der Waals surface area contributed by atoms with Gasteiger partial charge < -0.3 is 14.6 Å². The van der Waals surface area contributed by atoms with E-state index in [9.17, 15) is 5.11 Å². The molecule has 1 aromatic carbocycles. The summed E-state index contributed by atoms with van der Waals surface area (Å²) in [6.07, 6.45) is 3.30. The molecule has 90 valence electrons. The van der Waals surface area contributed by atoms with Gasteiger partial charge in [-0.3, -0.25) is 0 Å². The van der Waals surface area contributed by atoms with Crippen LogP contribution in [0.25, 0.3) is 23.1 Å². The second kappa shape index (κ2) is 4.41. The lowest BCUT2D eigenvalue weighted by Gasteiger charge is -1.97. The molecule has 18 heavy (non-hydrogen) atoms. The van der Waals surface area contributed by atoms with Crippen molar-refractivity contribution in [3.05, 3.63) is 34.2 Å². The molecule has 0 aliphatic heterocycles. The van der Waals surface area contributed by atoms with Crippen molar-refractivity contribution in [1.82, 2.24) is 20.1 Å². The number of rotatable bonds is 2. The van der Waals surface area contributed by atoms with Gasteiger partial charge in [0.1, 0.15) is 5.75 Å². The topological polar surface area (TPSA) is 87.8 Å². The van der Waals surface area contributed by atoms with Gasteiger partial charge in [0.05, 0.1) is 3.57 Å². The molecule has 0 spiro atoms. The zero-order valence-electron chi connectivity index (χ0n) is 8.96. The fourth-order valence-electron chi connectivity index (χ4n) is 1.47. The molecular formula is C11H7IN4O2. The highest BCUT2D eigenvalue weighted by molar-refractivity contribution is 14.1. The summed E-state index contributed by atoms with van der Waals surface area (Å²) in [4.78, 5) is 11.1. The van der Waals surface area contributed by atoms with E-state index in [1.165, 1.54) is 0 Å². The Hall–Kier alpha value is -1.90. The van der Waals surface area contributed by atoms with Crippen LogP contribution in [0.15, 0.2) is 35.1 Å². The zero-order chi connectivity index (χ0) is 12.5. The van der Waals surface area contributed by atoms with Gasteiger partial charge in [-0.1, -0.05) is 5.16 Å². The Morgan fingerprint density at radius 2 is 2.22 bits per heavy atom. The Labute approximate surface area is 115 Å². The number of aromatic hydroxyl groups is 1. The molecule has 0 saturated heterocycles. The summed E-state index contributed by atoms with van der Waals surface area (Å²) in [7, 11) is 0. The Bertz CT molecular complexity index is 678. The lowest BCUT2D eigenvalue weighted by atomic mass is 10.2. The van der Waals surface area contributed by atoms with E-state index in [2.05, 4.69) is 20.1 Å². The van der Waals surface area contributed by atoms with Crippen molar-refractivity contribution in [2.24, 2.45) is 0 Å². The summed E-state index contributed by atoms with van der Waals surface area (Å²) in [6, 6.07) is 5.17. The third-order valence-electron chi connectivity index (χ3n) is 2.33. The summed E-state index contributed by atoms with van der Waals surface area (Å²) in [6.45, 7) is 0. The second-order valence-electron chi connectivity index (χ2n) is 3.53. The predicted molar refractivity (Wildman–Crippen MR) is 71.7 cm³/mol. The molecule has 0 bridgehead atoms. The highest BCUT2D eigenvalue weighted by Crippen LogP contribution is 2.27. The SMILES string of the molecule is Oc1cc(-c2nc(-c3ncc[nH]3)no2)ccc1I. The molecule has 2 heterocycles. The number of phenols is 1. The molecule has 7 heteroatoms. The van der Waals surface area contributed by atoms with E-state index < -0.39 is 0 Å². The van der Waals surface area contributed by atoms with Gasteiger partial charge in [0.15, 0.2) is 5.82 Å². The lowest BCUT2D eigenvalue weighted by Crippen LogP contribution is -1.83. The van der Waals surface area contributed by atoms with E-state index >= 15 is 0 Å². The van der Waals surface area contributed by atoms with Gasteiger partial charge in [0.25, 0.3) is 5.89 Å². The van der Waals surface area contributed by atoms with Gasteiger partial charge in [-0.25, -0.2) is 4.98 Å². The monoisotopic (exact) mass is 354 g/mol. The number of hydrogen-bond donors (Lipinski definition) is 2. The van der Waals surface area contributed by atoms with Crippen LogP contribution in [0.3, 0.4) is 0 Å². The van der Waals surface area contributed by atoms with Gasteiger partial charge in [-0.2, -0.15) is 4.98 Å². The van der Waals surface area contributed by atoms with E-state index in [1.54, 1.807) is 30.6 Å². The number of hydrogen-bond acceptors (Lipinski definition) is 5. The molecule has 2 N–H and O–H groups in total. The molecule has 3 aromatic rings. The first-order chi connectivity index (χ1) is 8.74. The predicted octanol–water partition coefficient (Wildman–Crippen LogP) is 2.44. The Kier molecular flexibility index (Phi) is 2.74. The average molecular weight is 354 g/mol. The molecule has 0 aliphatic carbocycles. The van der Waals surface area contributed by atoms with Crippen LogP contribution in [0.1, 0.15) is 0 Å². The standard InChI is InChI=1S/C11H7IN4O2/c12-7-2-1-6(5-8(7)17)11-15-10(16-18-11)9-13-3-4-14-9/h1-5,17H,(H,13,14). The van der Waals surface area contributed by atoms with E-state index in [0.717, 1.165) is 3.57 Å². The van der Waals surface area contributed by atoms with Gasteiger partial charge in [0, 0.05) is 18.0 Å². The summed E-state index contributed by atoms with van der Waals surface area (Å²) in [5.41, 5.74) is 0.665. The summed E-state index contributed by atoms with van der Waals surface area (Å²) >= 11 is 2.04. The zero-order valence-corrected chi connectivity index (χ0v) is 11.1. The molecule has 0 saturated carbocycles. The van der Waals surface area contributed by atoms with Gasteiger partial charge in [-0.05, 0) is 40.8 Å². The van der Waals surface area contributed by atoms with Crippen molar-refractivity contribution in [1.29, 1.82) is 0 Å². The van der Waals surface area contributed by atoms with E-state index in [-0.39, 0.29) is 5.75 Å². The minimum atomic E-state index is 0.186. The Morgan fingerprint density at radius 3 is 2.94 bits per heavy atom. The van der Waals surface area contributed by atoms with Crippen LogP contribution in [0, 0.1) is 3.57 Å². The van der Waals surface area contributed by atoms with Crippen LogP contribution in [-0.4, -0.2) is 25.2 Å². The van der Waals surface area contributed by atoms with Crippen molar-refractivity contribution < 1.29 is 9.63 Å². The first-order valence-corrected chi connectivity index (χ1v) is 6.14. The first-order valence-electron chi connectivity index (χ1n) is 5.06. The van der Waals surface area contributed by atoms with Crippen LogP contribution < -0.4 is 0 Å². The molecular weight excluding hydrogens is 347 g/mol. The molecule has 0 atom stereocenters. The largest absolute Gasteiger partial charge is 0.507 e. The second-order valence-corrected chi connectivity index (χ2v) is 4.69. The fraction of sp³-hybridized carbons (Fsp3) is 0. The molecule has 0 radical (unpaired) electrons. The van der Waals surface area contributed by atoms with Crippen molar-refractivity contribution >= 4 is 22.6 Å². The number of imidazole rings is 1. The number of H-pyrrole nitrogens is 1. The number of aromatic amines is 1. The third-order valence-corrected chi connectivity index (χ3v) is 3.24.